The number of amides is 1. The largest absolute Gasteiger partial charge is 0.356 e. The van der Waals surface area contributed by atoms with E-state index in [9.17, 15) is 4.79 Å². The van der Waals surface area contributed by atoms with Crippen molar-refractivity contribution in [2.45, 2.75) is 19.4 Å². The Morgan fingerprint density at radius 3 is 3.07 bits per heavy atom. The van der Waals surface area contributed by atoms with Crippen LogP contribution in [0.5, 0.6) is 0 Å². The number of halogens is 1. The number of hydrogen-bond acceptors (Lipinski definition) is 2. The van der Waals surface area contributed by atoms with Gasteiger partial charge in [-0.3, -0.25) is 9.48 Å². The smallest absolute Gasteiger partial charge is 0.220 e. The SMILES string of the molecule is O=C(CCBr)NCCCn1cccn1. The Kier molecular flexibility index (Phi) is 5.29. The molecule has 0 aromatic carbocycles. The summed E-state index contributed by atoms with van der Waals surface area (Å²) in [5.41, 5.74) is 0. The van der Waals surface area contributed by atoms with E-state index >= 15 is 0 Å². The molecule has 1 aromatic rings. The number of alkyl halides is 1. The molecule has 1 aromatic heterocycles. The van der Waals surface area contributed by atoms with Gasteiger partial charge in [0.15, 0.2) is 0 Å². The fourth-order valence-electron chi connectivity index (χ4n) is 1.08. The molecule has 1 N–H and O–H groups in total. The molecule has 1 rings (SSSR count). The molecule has 0 atom stereocenters. The highest BCUT2D eigenvalue weighted by Gasteiger charge is 1.98. The van der Waals surface area contributed by atoms with Gasteiger partial charge in [0.1, 0.15) is 0 Å². The summed E-state index contributed by atoms with van der Waals surface area (Å²) in [6.45, 7) is 1.56. The van der Waals surface area contributed by atoms with Crippen LogP contribution in [-0.4, -0.2) is 27.6 Å². The second-order valence-corrected chi connectivity index (χ2v) is 3.70. The maximum atomic E-state index is 11.0. The lowest BCUT2D eigenvalue weighted by atomic mass is 10.4. The highest BCUT2D eigenvalue weighted by Crippen LogP contribution is 1.90. The first-order chi connectivity index (χ1) is 6.83. The summed E-state index contributed by atoms with van der Waals surface area (Å²) in [7, 11) is 0. The van der Waals surface area contributed by atoms with Gasteiger partial charge in [-0.1, -0.05) is 15.9 Å². The molecule has 0 spiro atoms. The van der Waals surface area contributed by atoms with Crippen molar-refractivity contribution in [1.82, 2.24) is 15.1 Å². The summed E-state index contributed by atoms with van der Waals surface area (Å²) in [4.78, 5) is 11.0. The third-order valence-electron chi connectivity index (χ3n) is 1.77. The van der Waals surface area contributed by atoms with Crippen LogP contribution in [0.3, 0.4) is 0 Å². The Bertz CT molecular complexity index is 261. The molecular formula is C9H14BrN3O. The Morgan fingerprint density at radius 1 is 1.57 bits per heavy atom. The molecule has 0 bridgehead atoms. The minimum absolute atomic E-state index is 0.0994. The molecule has 0 fully saturated rings. The van der Waals surface area contributed by atoms with E-state index in [0.29, 0.717) is 13.0 Å². The Labute approximate surface area is 91.8 Å². The molecule has 0 aliphatic heterocycles. The lowest BCUT2D eigenvalue weighted by Crippen LogP contribution is -2.25. The first kappa shape index (κ1) is 11.2. The van der Waals surface area contributed by atoms with E-state index in [1.807, 2.05) is 16.9 Å². The summed E-state index contributed by atoms with van der Waals surface area (Å²) in [5.74, 6) is 0.0994. The van der Waals surface area contributed by atoms with Gasteiger partial charge in [-0.2, -0.15) is 5.10 Å². The monoisotopic (exact) mass is 259 g/mol. The Balaban J connectivity index is 2.02. The maximum Gasteiger partial charge on any atom is 0.220 e. The number of nitrogens with one attached hydrogen (secondary N) is 1. The van der Waals surface area contributed by atoms with E-state index in [4.69, 9.17) is 0 Å². The van der Waals surface area contributed by atoms with E-state index in [1.165, 1.54) is 0 Å². The number of carbonyl (C=O) groups excluding carboxylic acids is 1. The fraction of sp³-hybridized carbons (Fsp3) is 0.556. The van der Waals surface area contributed by atoms with Gasteiger partial charge in [-0.05, 0) is 12.5 Å². The number of rotatable bonds is 6. The molecule has 14 heavy (non-hydrogen) atoms. The lowest BCUT2D eigenvalue weighted by Gasteiger charge is -2.03. The molecular weight excluding hydrogens is 246 g/mol. The Hall–Kier alpha value is -0.840. The zero-order valence-electron chi connectivity index (χ0n) is 7.95. The molecule has 5 heteroatoms. The van der Waals surface area contributed by atoms with Gasteiger partial charge in [0.25, 0.3) is 0 Å². The number of aryl methyl sites for hydroxylation is 1. The third kappa shape index (κ3) is 4.41. The van der Waals surface area contributed by atoms with Gasteiger partial charge < -0.3 is 5.32 Å². The quantitative estimate of drug-likeness (QED) is 0.616. The van der Waals surface area contributed by atoms with Crippen molar-refractivity contribution in [3.8, 4) is 0 Å². The standard InChI is InChI=1S/C9H14BrN3O/c10-4-3-9(14)11-5-1-7-13-8-2-6-12-13/h2,6,8H,1,3-5,7H2,(H,11,14). The molecule has 4 nitrogen and oxygen atoms in total. The Morgan fingerprint density at radius 2 is 2.43 bits per heavy atom. The van der Waals surface area contributed by atoms with Gasteiger partial charge >= 0.3 is 0 Å². The van der Waals surface area contributed by atoms with Crippen LogP contribution in [0.1, 0.15) is 12.8 Å². The summed E-state index contributed by atoms with van der Waals surface area (Å²) in [5, 5.41) is 7.62. The van der Waals surface area contributed by atoms with Crippen LogP contribution in [0.15, 0.2) is 18.5 Å². The zero-order chi connectivity index (χ0) is 10.2. The highest BCUT2D eigenvalue weighted by atomic mass is 79.9. The summed E-state index contributed by atoms with van der Waals surface area (Å²) in [6.07, 6.45) is 5.13. The fourth-order valence-corrected chi connectivity index (χ4v) is 1.44. The summed E-state index contributed by atoms with van der Waals surface area (Å²) < 4.78 is 1.86. The van der Waals surface area contributed by atoms with Crippen LogP contribution in [0, 0.1) is 0 Å². The second-order valence-electron chi connectivity index (χ2n) is 2.91. The first-order valence-electron chi connectivity index (χ1n) is 4.63. The van der Waals surface area contributed by atoms with E-state index in [1.54, 1.807) is 6.20 Å². The van der Waals surface area contributed by atoms with Gasteiger partial charge in [0.2, 0.25) is 5.91 Å². The van der Waals surface area contributed by atoms with E-state index in [0.717, 1.165) is 18.3 Å². The van der Waals surface area contributed by atoms with Gasteiger partial charge in [-0.15, -0.1) is 0 Å². The predicted octanol–water partition coefficient (Wildman–Crippen LogP) is 1.17. The number of aromatic nitrogens is 2. The van der Waals surface area contributed by atoms with E-state index in [-0.39, 0.29) is 5.91 Å². The molecule has 78 valence electrons. The predicted molar refractivity (Wildman–Crippen MR) is 58.3 cm³/mol. The second kappa shape index (κ2) is 6.59. The topological polar surface area (TPSA) is 46.9 Å². The average molecular weight is 260 g/mol. The normalized spacial score (nSPS) is 10.1. The van der Waals surface area contributed by atoms with E-state index in [2.05, 4.69) is 26.3 Å². The molecule has 1 heterocycles. The van der Waals surface area contributed by atoms with Crippen LogP contribution in [0.4, 0.5) is 0 Å². The van der Waals surface area contributed by atoms with Crippen LogP contribution in [0.2, 0.25) is 0 Å². The van der Waals surface area contributed by atoms with E-state index < -0.39 is 0 Å². The van der Waals surface area contributed by atoms with Gasteiger partial charge in [0, 0.05) is 37.2 Å². The molecule has 0 radical (unpaired) electrons. The van der Waals surface area contributed by atoms with Crippen molar-refractivity contribution in [3.63, 3.8) is 0 Å². The first-order valence-corrected chi connectivity index (χ1v) is 5.75. The summed E-state index contributed by atoms with van der Waals surface area (Å²) >= 11 is 3.22. The van der Waals surface area contributed by atoms with Crippen LogP contribution in [0.25, 0.3) is 0 Å². The van der Waals surface area contributed by atoms with Crippen LogP contribution < -0.4 is 5.32 Å². The van der Waals surface area contributed by atoms with Crippen molar-refractivity contribution in [1.29, 1.82) is 0 Å². The van der Waals surface area contributed by atoms with Gasteiger partial charge in [-0.25, -0.2) is 0 Å². The lowest BCUT2D eigenvalue weighted by molar-refractivity contribution is -0.120. The minimum Gasteiger partial charge on any atom is -0.356 e. The zero-order valence-corrected chi connectivity index (χ0v) is 9.53. The minimum atomic E-state index is 0.0994. The van der Waals surface area contributed by atoms with Crippen molar-refractivity contribution in [3.05, 3.63) is 18.5 Å². The van der Waals surface area contributed by atoms with Crippen LogP contribution in [-0.2, 0) is 11.3 Å². The molecule has 1 amide bonds. The van der Waals surface area contributed by atoms with Crippen molar-refractivity contribution >= 4 is 21.8 Å². The average Bonchev–Trinajstić information content (AvgIpc) is 2.65. The van der Waals surface area contributed by atoms with Crippen molar-refractivity contribution in [2.24, 2.45) is 0 Å². The highest BCUT2D eigenvalue weighted by molar-refractivity contribution is 9.09. The van der Waals surface area contributed by atoms with Gasteiger partial charge in [0.05, 0.1) is 0 Å². The molecule has 0 saturated carbocycles. The molecule has 0 aliphatic rings. The van der Waals surface area contributed by atoms with Crippen molar-refractivity contribution in [2.75, 3.05) is 11.9 Å². The molecule has 0 aliphatic carbocycles. The number of hydrogen-bond donors (Lipinski definition) is 1. The molecule has 0 saturated heterocycles. The van der Waals surface area contributed by atoms with Crippen LogP contribution >= 0.6 is 15.9 Å². The molecule has 0 unspecified atom stereocenters. The maximum absolute atomic E-state index is 11.0. The van der Waals surface area contributed by atoms with Crippen molar-refractivity contribution < 1.29 is 4.79 Å². The number of nitrogens with zero attached hydrogens (tertiary/aromatic N) is 2. The third-order valence-corrected chi connectivity index (χ3v) is 2.16. The number of carbonyl (C=O) groups is 1. The summed E-state index contributed by atoms with van der Waals surface area (Å²) in [6, 6.07) is 1.89.